The molecule has 0 saturated heterocycles. The number of carbonyl (C=O) groups is 1. The van der Waals surface area contributed by atoms with Crippen LogP contribution in [0.15, 0.2) is 18.2 Å². The van der Waals surface area contributed by atoms with Gasteiger partial charge in [0.15, 0.2) is 0 Å². The van der Waals surface area contributed by atoms with Gasteiger partial charge in [0.25, 0.3) is 5.91 Å². The summed E-state index contributed by atoms with van der Waals surface area (Å²) in [5.41, 5.74) is 0.339. The zero-order valence-corrected chi connectivity index (χ0v) is 14.4. The Morgan fingerprint density at radius 1 is 1.19 bits per heavy atom. The zero-order valence-electron chi connectivity index (χ0n) is 14.4. The molecule has 0 aliphatic heterocycles. The number of anilines is 1. The first-order valence-corrected chi connectivity index (χ1v) is 7.55. The molecule has 0 aromatic carbocycles. The molecule has 0 unspecified atom stereocenters. The van der Waals surface area contributed by atoms with Gasteiger partial charge in [-0.3, -0.25) is 4.79 Å². The Labute approximate surface area is 128 Å². The van der Waals surface area contributed by atoms with Crippen LogP contribution in [0.2, 0.25) is 0 Å². The van der Waals surface area contributed by atoms with Gasteiger partial charge >= 0.3 is 0 Å². The lowest BCUT2D eigenvalue weighted by Crippen LogP contribution is -2.46. The predicted octanol–water partition coefficient (Wildman–Crippen LogP) is 3.85. The third-order valence-electron chi connectivity index (χ3n) is 2.84. The first-order chi connectivity index (χ1) is 9.48. The van der Waals surface area contributed by atoms with Crippen molar-refractivity contribution in [3.05, 3.63) is 23.9 Å². The molecule has 0 radical (unpaired) electrons. The van der Waals surface area contributed by atoms with E-state index in [1.165, 1.54) is 0 Å². The van der Waals surface area contributed by atoms with Crippen LogP contribution in [0.3, 0.4) is 0 Å². The summed E-state index contributed by atoms with van der Waals surface area (Å²) in [6, 6.07) is 5.75. The largest absolute Gasteiger partial charge is 0.368 e. The second-order valence-electron chi connectivity index (χ2n) is 7.78. The predicted molar refractivity (Wildman–Crippen MR) is 88.6 cm³/mol. The smallest absolute Gasteiger partial charge is 0.270 e. The van der Waals surface area contributed by atoms with Gasteiger partial charge in [-0.25, -0.2) is 4.98 Å². The van der Waals surface area contributed by atoms with E-state index in [-0.39, 0.29) is 22.9 Å². The standard InChI is InChI=1S/C17H29N3O/c1-12(2)18-14-10-8-9-13(19-14)15(21)20-17(6,7)11-16(3,4)5/h8-10,12H,11H2,1-7H3,(H,18,19)(H,20,21). The van der Waals surface area contributed by atoms with E-state index < -0.39 is 0 Å². The Balaban J connectivity index is 2.80. The number of carbonyl (C=O) groups excluding carboxylic acids is 1. The van der Waals surface area contributed by atoms with Crippen LogP contribution in [-0.4, -0.2) is 22.5 Å². The molecule has 1 aromatic heterocycles. The van der Waals surface area contributed by atoms with Crippen molar-refractivity contribution in [3.8, 4) is 0 Å². The number of hydrogen-bond acceptors (Lipinski definition) is 3. The molecule has 21 heavy (non-hydrogen) atoms. The quantitative estimate of drug-likeness (QED) is 0.866. The molecule has 1 aromatic rings. The van der Waals surface area contributed by atoms with Gasteiger partial charge in [0.1, 0.15) is 11.5 Å². The average Bonchev–Trinajstić information content (AvgIpc) is 2.24. The first-order valence-electron chi connectivity index (χ1n) is 7.55. The highest BCUT2D eigenvalue weighted by atomic mass is 16.2. The molecular weight excluding hydrogens is 262 g/mol. The summed E-state index contributed by atoms with van der Waals surface area (Å²) in [5.74, 6) is 0.600. The van der Waals surface area contributed by atoms with Gasteiger partial charge in [0, 0.05) is 11.6 Å². The van der Waals surface area contributed by atoms with Gasteiger partial charge in [-0.15, -0.1) is 0 Å². The summed E-state index contributed by atoms with van der Waals surface area (Å²) < 4.78 is 0. The van der Waals surface area contributed by atoms with Gasteiger partial charge in [-0.05, 0) is 51.7 Å². The highest BCUT2D eigenvalue weighted by molar-refractivity contribution is 5.93. The third kappa shape index (κ3) is 6.61. The van der Waals surface area contributed by atoms with Crippen molar-refractivity contribution >= 4 is 11.7 Å². The van der Waals surface area contributed by atoms with Crippen molar-refractivity contribution in [2.75, 3.05) is 5.32 Å². The second-order valence-corrected chi connectivity index (χ2v) is 7.78. The van der Waals surface area contributed by atoms with E-state index in [0.29, 0.717) is 5.69 Å². The van der Waals surface area contributed by atoms with Gasteiger partial charge in [-0.1, -0.05) is 26.8 Å². The number of amides is 1. The molecule has 0 aliphatic carbocycles. The number of aromatic nitrogens is 1. The monoisotopic (exact) mass is 291 g/mol. The third-order valence-corrected chi connectivity index (χ3v) is 2.84. The van der Waals surface area contributed by atoms with E-state index in [0.717, 1.165) is 12.2 Å². The molecule has 4 heteroatoms. The van der Waals surface area contributed by atoms with Crippen molar-refractivity contribution in [1.29, 1.82) is 0 Å². The highest BCUT2D eigenvalue weighted by Gasteiger charge is 2.27. The fraction of sp³-hybridized carbons (Fsp3) is 0.647. The maximum atomic E-state index is 12.4. The number of pyridine rings is 1. The molecule has 0 fully saturated rings. The number of nitrogens with zero attached hydrogens (tertiary/aromatic N) is 1. The molecule has 0 atom stereocenters. The molecule has 2 N–H and O–H groups in total. The molecule has 0 bridgehead atoms. The SMILES string of the molecule is CC(C)Nc1cccc(C(=O)NC(C)(C)CC(C)(C)C)n1. The van der Waals surface area contributed by atoms with E-state index in [9.17, 15) is 4.79 Å². The maximum absolute atomic E-state index is 12.4. The molecular formula is C17H29N3O. The summed E-state index contributed by atoms with van der Waals surface area (Å²) in [7, 11) is 0. The normalized spacial score (nSPS) is 12.4. The van der Waals surface area contributed by atoms with Crippen molar-refractivity contribution in [2.45, 2.75) is 66.5 Å². The Morgan fingerprint density at radius 3 is 2.33 bits per heavy atom. The van der Waals surface area contributed by atoms with Crippen molar-refractivity contribution < 1.29 is 4.79 Å². The minimum Gasteiger partial charge on any atom is -0.368 e. The van der Waals surface area contributed by atoms with Gasteiger partial charge < -0.3 is 10.6 Å². The van der Waals surface area contributed by atoms with Crippen LogP contribution >= 0.6 is 0 Å². The van der Waals surface area contributed by atoms with Crippen molar-refractivity contribution in [3.63, 3.8) is 0 Å². The Kier molecular flexibility index (Phi) is 5.37. The van der Waals surface area contributed by atoms with E-state index in [4.69, 9.17) is 0 Å². The molecule has 0 saturated carbocycles. The van der Waals surface area contributed by atoms with Crippen LogP contribution in [0, 0.1) is 5.41 Å². The molecule has 1 heterocycles. The van der Waals surface area contributed by atoms with E-state index in [1.54, 1.807) is 6.07 Å². The fourth-order valence-corrected chi connectivity index (χ4v) is 2.68. The summed E-state index contributed by atoms with van der Waals surface area (Å²) >= 11 is 0. The molecule has 1 amide bonds. The van der Waals surface area contributed by atoms with Crippen LogP contribution in [0.4, 0.5) is 5.82 Å². The second kappa shape index (κ2) is 6.46. The number of rotatable bonds is 5. The van der Waals surface area contributed by atoms with Crippen LogP contribution < -0.4 is 10.6 Å². The van der Waals surface area contributed by atoms with E-state index in [1.807, 2.05) is 39.8 Å². The van der Waals surface area contributed by atoms with Gasteiger partial charge in [0.2, 0.25) is 0 Å². The van der Waals surface area contributed by atoms with Gasteiger partial charge in [-0.2, -0.15) is 0 Å². The molecule has 4 nitrogen and oxygen atoms in total. The minimum atomic E-state index is -0.265. The highest BCUT2D eigenvalue weighted by Crippen LogP contribution is 2.27. The van der Waals surface area contributed by atoms with Crippen LogP contribution in [0.25, 0.3) is 0 Å². The number of nitrogens with one attached hydrogen (secondary N) is 2. The van der Waals surface area contributed by atoms with Crippen molar-refractivity contribution in [1.82, 2.24) is 10.3 Å². The van der Waals surface area contributed by atoms with Crippen LogP contribution in [-0.2, 0) is 0 Å². The molecule has 118 valence electrons. The van der Waals surface area contributed by atoms with Crippen molar-refractivity contribution in [2.24, 2.45) is 5.41 Å². The Bertz CT molecular complexity index is 487. The molecule has 1 rings (SSSR count). The fourth-order valence-electron chi connectivity index (χ4n) is 2.68. The molecule has 0 aliphatic rings. The lowest BCUT2D eigenvalue weighted by Gasteiger charge is -2.33. The maximum Gasteiger partial charge on any atom is 0.270 e. The lowest BCUT2D eigenvalue weighted by molar-refractivity contribution is 0.0886. The Hall–Kier alpha value is -1.58. The average molecular weight is 291 g/mol. The van der Waals surface area contributed by atoms with E-state index in [2.05, 4.69) is 36.4 Å². The zero-order chi connectivity index (χ0) is 16.3. The van der Waals surface area contributed by atoms with Crippen LogP contribution in [0.1, 0.15) is 65.4 Å². The van der Waals surface area contributed by atoms with E-state index >= 15 is 0 Å². The first kappa shape index (κ1) is 17.5. The summed E-state index contributed by atoms with van der Waals surface area (Å²) in [6.07, 6.45) is 0.898. The summed E-state index contributed by atoms with van der Waals surface area (Å²) in [6.45, 7) is 14.7. The van der Waals surface area contributed by atoms with Crippen LogP contribution in [0.5, 0.6) is 0 Å². The summed E-state index contributed by atoms with van der Waals surface area (Å²) in [4.78, 5) is 16.8. The number of hydrogen-bond donors (Lipinski definition) is 2. The molecule has 0 spiro atoms. The summed E-state index contributed by atoms with van der Waals surface area (Å²) in [5, 5.41) is 6.29. The van der Waals surface area contributed by atoms with Gasteiger partial charge in [0.05, 0.1) is 0 Å². The topological polar surface area (TPSA) is 54.0 Å². The lowest BCUT2D eigenvalue weighted by atomic mass is 9.82. The Morgan fingerprint density at radius 2 is 1.81 bits per heavy atom. The minimum absolute atomic E-state index is 0.128.